The normalized spacial score (nSPS) is 30.6. The zero-order chi connectivity index (χ0) is 12.5. The lowest BCUT2D eigenvalue weighted by Gasteiger charge is -2.32. The molecule has 1 amide bonds. The molecule has 3 heteroatoms. The van der Waals surface area contributed by atoms with Gasteiger partial charge in [-0.05, 0) is 38.1 Å². The smallest absolute Gasteiger partial charge is 0.228 e. The molecule has 2 fully saturated rings. The van der Waals surface area contributed by atoms with Gasteiger partial charge in [0.25, 0.3) is 0 Å². The number of carbonyl (C=O) groups is 1. The predicted molar refractivity (Wildman–Crippen MR) is 69.7 cm³/mol. The van der Waals surface area contributed by atoms with Gasteiger partial charge in [0.15, 0.2) is 0 Å². The fraction of sp³-hybridized carbons (Fsp3) is 0.929. The first kappa shape index (κ1) is 12.9. The highest BCUT2D eigenvalue weighted by atomic mass is 16.2. The molecule has 2 unspecified atom stereocenters. The Morgan fingerprint density at radius 1 is 1.41 bits per heavy atom. The van der Waals surface area contributed by atoms with Gasteiger partial charge >= 0.3 is 0 Å². The number of rotatable bonds is 5. The first-order chi connectivity index (χ1) is 8.04. The van der Waals surface area contributed by atoms with Gasteiger partial charge in [-0.15, -0.1) is 0 Å². The molecule has 2 N–H and O–H groups in total. The highest BCUT2D eigenvalue weighted by Gasteiger charge is 2.44. The molecular formula is C14H26N2O. The molecule has 0 aromatic rings. The number of hydrogen-bond donors (Lipinski definition) is 2. The van der Waals surface area contributed by atoms with Crippen LogP contribution in [0.5, 0.6) is 0 Å². The van der Waals surface area contributed by atoms with E-state index in [1.165, 1.54) is 12.8 Å². The van der Waals surface area contributed by atoms with Crippen molar-refractivity contribution in [3.63, 3.8) is 0 Å². The van der Waals surface area contributed by atoms with E-state index in [0.717, 1.165) is 31.8 Å². The average Bonchev–Trinajstić information content (AvgIpc) is 2.92. The van der Waals surface area contributed by atoms with Gasteiger partial charge in [-0.3, -0.25) is 4.79 Å². The molecule has 0 aromatic heterocycles. The second-order valence-corrected chi connectivity index (χ2v) is 6.29. The van der Waals surface area contributed by atoms with Gasteiger partial charge in [0.1, 0.15) is 0 Å². The van der Waals surface area contributed by atoms with Gasteiger partial charge in [0.05, 0.1) is 5.41 Å². The SMILES string of the molecule is CC(CC1CC1)NC(=O)C1(C(C)C)CCNC1. The summed E-state index contributed by atoms with van der Waals surface area (Å²) in [5, 5.41) is 6.58. The van der Waals surface area contributed by atoms with Crippen molar-refractivity contribution >= 4 is 5.91 Å². The summed E-state index contributed by atoms with van der Waals surface area (Å²) in [6.07, 6.45) is 4.86. The molecule has 0 bridgehead atoms. The van der Waals surface area contributed by atoms with Gasteiger partial charge in [-0.25, -0.2) is 0 Å². The molecule has 1 aliphatic heterocycles. The van der Waals surface area contributed by atoms with Crippen LogP contribution in [0.3, 0.4) is 0 Å². The third-order valence-corrected chi connectivity index (χ3v) is 4.51. The maximum atomic E-state index is 12.5. The maximum Gasteiger partial charge on any atom is 0.228 e. The summed E-state index contributed by atoms with van der Waals surface area (Å²) in [6.45, 7) is 8.29. The Labute approximate surface area is 105 Å². The van der Waals surface area contributed by atoms with E-state index in [4.69, 9.17) is 0 Å². The molecule has 0 radical (unpaired) electrons. The van der Waals surface area contributed by atoms with Crippen molar-refractivity contribution < 1.29 is 4.79 Å². The van der Waals surface area contributed by atoms with E-state index in [-0.39, 0.29) is 11.3 Å². The minimum atomic E-state index is -0.169. The van der Waals surface area contributed by atoms with Crippen molar-refractivity contribution in [2.75, 3.05) is 13.1 Å². The largest absolute Gasteiger partial charge is 0.353 e. The van der Waals surface area contributed by atoms with E-state index in [1.54, 1.807) is 0 Å². The summed E-state index contributed by atoms with van der Waals surface area (Å²) in [5.74, 6) is 1.55. The summed E-state index contributed by atoms with van der Waals surface area (Å²) in [7, 11) is 0. The fourth-order valence-corrected chi connectivity index (χ4v) is 2.94. The minimum Gasteiger partial charge on any atom is -0.353 e. The first-order valence-corrected chi connectivity index (χ1v) is 7.06. The van der Waals surface area contributed by atoms with E-state index >= 15 is 0 Å². The lowest BCUT2D eigenvalue weighted by molar-refractivity contribution is -0.133. The van der Waals surface area contributed by atoms with Crippen LogP contribution in [0.4, 0.5) is 0 Å². The minimum absolute atomic E-state index is 0.169. The monoisotopic (exact) mass is 238 g/mol. The van der Waals surface area contributed by atoms with E-state index in [2.05, 4.69) is 31.4 Å². The third-order valence-electron chi connectivity index (χ3n) is 4.51. The fourth-order valence-electron chi connectivity index (χ4n) is 2.94. The third kappa shape index (κ3) is 2.82. The van der Waals surface area contributed by atoms with Crippen LogP contribution in [0, 0.1) is 17.3 Å². The highest BCUT2D eigenvalue weighted by molar-refractivity contribution is 5.83. The van der Waals surface area contributed by atoms with Crippen molar-refractivity contribution in [3.8, 4) is 0 Å². The first-order valence-electron chi connectivity index (χ1n) is 7.06. The molecule has 98 valence electrons. The molecule has 17 heavy (non-hydrogen) atoms. The van der Waals surface area contributed by atoms with Crippen molar-refractivity contribution in [2.45, 2.75) is 52.5 Å². The van der Waals surface area contributed by atoms with Crippen LogP contribution >= 0.6 is 0 Å². The molecule has 3 nitrogen and oxygen atoms in total. The van der Waals surface area contributed by atoms with Crippen LogP contribution < -0.4 is 10.6 Å². The van der Waals surface area contributed by atoms with Gasteiger partial charge < -0.3 is 10.6 Å². The van der Waals surface area contributed by atoms with Gasteiger partial charge in [-0.1, -0.05) is 26.7 Å². The zero-order valence-electron chi connectivity index (χ0n) is 11.4. The predicted octanol–water partition coefficient (Wildman–Crippen LogP) is 1.93. The van der Waals surface area contributed by atoms with Crippen molar-refractivity contribution in [3.05, 3.63) is 0 Å². The van der Waals surface area contributed by atoms with E-state index in [1.807, 2.05) is 0 Å². The molecule has 2 rings (SSSR count). The van der Waals surface area contributed by atoms with Crippen LogP contribution in [-0.2, 0) is 4.79 Å². The van der Waals surface area contributed by atoms with Crippen LogP contribution in [-0.4, -0.2) is 25.0 Å². The molecule has 0 spiro atoms. The van der Waals surface area contributed by atoms with Crippen LogP contribution in [0.1, 0.15) is 46.5 Å². The van der Waals surface area contributed by atoms with E-state index < -0.39 is 0 Å². The number of hydrogen-bond acceptors (Lipinski definition) is 2. The molecular weight excluding hydrogens is 212 g/mol. The Morgan fingerprint density at radius 2 is 2.12 bits per heavy atom. The Balaban J connectivity index is 1.91. The van der Waals surface area contributed by atoms with Gasteiger partial charge in [-0.2, -0.15) is 0 Å². The Bertz CT molecular complexity index is 278. The molecule has 0 aromatic carbocycles. The van der Waals surface area contributed by atoms with Crippen LogP contribution in [0.2, 0.25) is 0 Å². The lowest BCUT2D eigenvalue weighted by atomic mass is 9.75. The standard InChI is InChI=1S/C14H26N2O/c1-10(2)14(6-7-15-9-14)13(17)16-11(3)8-12-4-5-12/h10-12,15H,4-9H2,1-3H3,(H,16,17). The number of nitrogens with one attached hydrogen (secondary N) is 2. The molecule has 2 atom stereocenters. The Kier molecular flexibility index (Phi) is 3.76. The molecule has 1 saturated heterocycles. The van der Waals surface area contributed by atoms with Gasteiger partial charge in [0, 0.05) is 12.6 Å². The zero-order valence-corrected chi connectivity index (χ0v) is 11.4. The summed E-state index contributed by atoms with van der Waals surface area (Å²) >= 11 is 0. The van der Waals surface area contributed by atoms with Crippen LogP contribution in [0.25, 0.3) is 0 Å². The lowest BCUT2D eigenvalue weighted by Crippen LogP contribution is -2.48. The maximum absolute atomic E-state index is 12.5. The summed E-state index contributed by atoms with van der Waals surface area (Å²) in [6, 6.07) is 0.339. The van der Waals surface area contributed by atoms with Crippen molar-refractivity contribution in [1.82, 2.24) is 10.6 Å². The molecule has 1 aliphatic carbocycles. The van der Waals surface area contributed by atoms with Gasteiger partial charge in [0.2, 0.25) is 5.91 Å². The number of carbonyl (C=O) groups excluding carboxylic acids is 1. The van der Waals surface area contributed by atoms with Crippen LogP contribution in [0.15, 0.2) is 0 Å². The molecule has 1 saturated carbocycles. The second kappa shape index (κ2) is 4.97. The summed E-state index contributed by atoms with van der Waals surface area (Å²) in [5.41, 5.74) is -0.169. The second-order valence-electron chi connectivity index (χ2n) is 6.29. The highest BCUT2D eigenvalue weighted by Crippen LogP contribution is 2.36. The molecule has 1 heterocycles. The number of amides is 1. The Hall–Kier alpha value is -0.570. The van der Waals surface area contributed by atoms with E-state index in [0.29, 0.717) is 12.0 Å². The Morgan fingerprint density at radius 3 is 2.59 bits per heavy atom. The topological polar surface area (TPSA) is 41.1 Å². The average molecular weight is 238 g/mol. The summed E-state index contributed by atoms with van der Waals surface area (Å²) < 4.78 is 0. The van der Waals surface area contributed by atoms with Crippen molar-refractivity contribution in [2.24, 2.45) is 17.3 Å². The van der Waals surface area contributed by atoms with E-state index in [9.17, 15) is 4.79 Å². The summed E-state index contributed by atoms with van der Waals surface area (Å²) in [4.78, 5) is 12.5. The quantitative estimate of drug-likeness (QED) is 0.768. The van der Waals surface area contributed by atoms with Crippen molar-refractivity contribution in [1.29, 1.82) is 0 Å². The molecule has 2 aliphatic rings.